The number of aromatic nitrogens is 4. The van der Waals surface area contributed by atoms with Gasteiger partial charge in [0.05, 0.1) is 17.1 Å². The Labute approximate surface area is 143 Å². The Morgan fingerprint density at radius 1 is 1.17 bits per heavy atom. The van der Waals surface area contributed by atoms with Gasteiger partial charge in [0.2, 0.25) is 0 Å². The molecule has 0 amide bonds. The van der Waals surface area contributed by atoms with Gasteiger partial charge in [-0.15, -0.1) is 5.10 Å². The molecule has 1 saturated heterocycles. The molecule has 1 aliphatic heterocycles. The first-order valence-corrected chi connectivity index (χ1v) is 8.40. The summed E-state index contributed by atoms with van der Waals surface area (Å²) in [6, 6.07) is 4.67. The predicted octanol–water partition coefficient (Wildman–Crippen LogP) is 2.19. The maximum absolute atomic E-state index is 4.52. The first-order chi connectivity index (χ1) is 11.3. The zero-order valence-corrected chi connectivity index (χ0v) is 15.2. The summed E-state index contributed by atoms with van der Waals surface area (Å²) in [4.78, 5) is 13.3. The van der Waals surface area contributed by atoms with Crippen molar-refractivity contribution in [2.24, 2.45) is 0 Å². The Kier molecular flexibility index (Phi) is 4.49. The van der Waals surface area contributed by atoms with Crippen LogP contribution in [0.1, 0.15) is 37.9 Å². The molecule has 1 aliphatic rings. The van der Waals surface area contributed by atoms with Crippen LogP contribution in [-0.2, 0) is 12.0 Å². The minimum atomic E-state index is 0.0398. The van der Waals surface area contributed by atoms with Crippen LogP contribution >= 0.6 is 0 Å². The predicted molar refractivity (Wildman–Crippen MR) is 95.0 cm³/mol. The lowest BCUT2D eigenvalue weighted by molar-refractivity contribution is 0.194. The van der Waals surface area contributed by atoms with Crippen LogP contribution in [0.25, 0.3) is 0 Å². The molecule has 128 valence electrons. The lowest BCUT2D eigenvalue weighted by atomic mass is 9.92. The number of nitrogens with zero attached hydrogens (tertiary/aromatic N) is 6. The SMILES string of the molecule is Cc1cncc(CN(C)C2CN(c3ccc(C(C)(C)C)nn3)C2)n1. The van der Waals surface area contributed by atoms with E-state index >= 15 is 0 Å². The molecule has 0 atom stereocenters. The van der Waals surface area contributed by atoms with Crippen LogP contribution in [-0.4, -0.2) is 51.2 Å². The number of hydrogen-bond donors (Lipinski definition) is 0. The Hall–Kier alpha value is -2.08. The first kappa shape index (κ1) is 16.8. The molecule has 0 aliphatic carbocycles. The van der Waals surface area contributed by atoms with Crippen molar-refractivity contribution in [3.8, 4) is 0 Å². The molecule has 3 rings (SSSR count). The van der Waals surface area contributed by atoms with Gasteiger partial charge in [-0.1, -0.05) is 20.8 Å². The summed E-state index contributed by atoms with van der Waals surface area (Å²) >= 11 is 0. The largest absolute Gasteiger partial charge is 0.352 e. The molecule has 6 heteroatoms. The fourth-order valence-corrected chi connectivity index (χ4v) is 2.79. The normalized spacial score (nSPS) is 15.7. The fourth-order valence-electron chi connectivity index (χ4n) is 2.79. The molecule has 24 heavy (non-hydrogen) atoms. The highest BCUT2D eigenvalue weighted by molar-refractivity contribution is 5.42. The highest BCUT2D eigenvalue weighted by atomic mass is 15.4. The fraction of sp³-hybridized carbons (Fsp3) is 0.556. The van der Waals surface area contributed by atoms with Crippen molar-refractivity contribution in [1.82, 2.24) is 25.1 Å². The molecule has 0 unspecified atom stereocenters. The molecule has 0 radical (unpaired) electrons. The summed E-state index contributed by atoms with van der Waals surface area (Å²) in [6.45, 7) is 11.2. The number of likely N-dealkylation sites (N-methyl/N-ethyl adjacent to an activating group) is 1. The van der Waals surface area contributed by atoms with E-state index < -0.39 is 0 Å². The molecule has 3 heterocycles. The van der Waals surface area contributed by atoms with E-state index in [4.69, 9.17) is 0 Å². The maximum Gasteiger partial charge on any atom is 0.151 e. The van der Waals surface area contributed by atoms with Crippen LogP contribution in [0.2, 0.25) is 0 Å². The molecule has 2 aromatic rings. The molecule has 2 aromatic heterocycles. The number of aryl methyl sites for hydroxylation is 1. The highest BCUT2D eigenvalue weighted by Gasteiger charge is 2.31. The van der Waals surface area contributed by atoms with Gasteiger partial charge < -0.3 is 4.90 Å². The monoisotopic (exact) mass is 326 g/mol. The highest BCUT2D eigenvalue weighted by Crippen LogP contribution is 2.24. The smallest absolute Gasteiger partial charge is 0.151 e. The summed E-state index contributed by atoms with van der Waals surface area (Å²) < 4.78 is 0. The standard InChI is InChI=1S/C18H26N6/c1-13-8-19-9-14(20-13)10-23(5)15-11-24(12-15)17-7-6-16(21-22-17)18(2,3)4/h6-9,15H,10-12H2,1-5H3. The molecule has 0 spiro atoms. The number of hydrogen-bond acceptors (Lipinski definition) is 6. The molecule has 6 nitrogen and oxygen atoms in total. The van der Waals surface area contributed by atoms with Gasteiger partial charge in [0.15, 0.2) is 5.82 Å². The third kappa shape index (κ3) is 3.70. The summed E-state index contributed by atoms with van der Waals surface area (Å²) in [5.74, 6) is 0.961. The molecule has 1 fully saturated rings. The average Bonchev–Trinajstić information content (AvgIpc) is 2.45. The second kappa shape index (κ2) is 6.43. The lowest BCUT2D eigenvalue weighted by Crippen LogP contribution is -2.58. The lowest BCUT2D eigenvalue weighted by Gasteiger charge is -2.44. The van der Waals surface area contributed by atoms with Crippen molar-refractivity contribution in [2.75, 3.05) is 25.0 Å². The van der Waals surface area contributed by atoms with E-state index in [2.05, 4.69) is 69.9 Å². The molecule has 0 N–H and O–H groups in total. The van der Waals surface area contributed by atoms with Crippen LogP contribution in [0.4, 0.5) is 5.82 Å². The zero-order chi connectivity index (χ0) is 17.3. The van der Waals surface area contributed by atoms with E-state index in [1.54, 1.807) is 6.20 Å². The summed E-state index contributed by atoms with van der Waals surface area (Å²) in [7, 11) is 2.14. The molecular formula is C18H26N6. The Morgan fingerprint density at radius 3 is 2.50 bits per heavy atom. The van der Waals surface area contributed by atoms with Gasteiger partial charge in [0.1, 0.15) is 0 Å². The third-order valence-electron chi connectivity index (χ3n) is 4.44. The van der Waals surface area contributed by atoms with Gasteiger partial charge in [-0.25, -0.2) is 0 Å². The number of anilines is 1. The van der Waals surface area contributed by atoms with Crippen LogP contribution in [0.5, 0.6) is 0 Å². The van der Waals surface area contributed by atoms with E-state index in [9.17, 15) is 0 Å². The quantitative estimate of drug-likeness (QED) is 0.858. The average molecular weight is 326 g/mol. The molecule has 0 bridgehead atoms. The second-order valence-corrected chi connectivity index (χ2v) is 7.65. The van der Waals surface area contributed by atoms with Crippen molar-refractivity contribution in [2.45, 2.75) is 45.7 Å². The molecular weight excluding hydrogens is 300 g/mol. The first-order valence-electron chi connectivity index (χ1n) is 8.40. The Bertz CT molecular complexity index is 685. The van der Waals surface area contributed by atoms with Gasteiger partial charge in [0, 0.05) is 43.5 Å². The zero-order valence-electron chi connectivity index (χ0n) is 15.2. The van der Waals surface area contributed by atoms with E-state index in [1.165, 1.54) is 0 Å². The van der Waals surface area contributed by atoms with Crippen LogP contribution in [0.15, 0.2) is 24.5 Å². The van der Waals surface area contributed by atoms with Gasteiger partial charge >= 0.3 is 0 Å². The molecule has 0 aromatic carbocycles. The van der Waals surface area contributed by atoms with E-state index in [0.29, 0.717) is 6.04 Å². The van der Waals surface area contributed by atoms with Crippen LogP contribution in [0.3, 0.4) is 0 Å². The molecule has 0 saturated carbocycles. The summed E-state index contributed by atoms with van der Waals surface area (Å²) in [5, 5.41) is 8.77. The number of rotatable bonds is 4. The maximum atomic E-state index is 4.52. The Morgan fingerprint density at radius 2 is 1.92 bits per heavy atom. The van der Waals surface area contributed by atoms with Crippen molar-refractivity contribution >= 4 is 5.82 Å². The summed E-state index contributed by atoms with van der Waals surface area (Å²) in [6.07, 6.45) is 3.63. The summed E-state index contributed by atoms with van der Waals surface area (Å²) in [5.41, 5.74) is 3.05. The van der Waals surface area contributed by atoms with Gasteiger partial charge in [-0.05, 0) is 26.1 Å². The van der Waals surface area contributed by atoms with Crippen LogP contribution in [0, 0.1) is 6.92 Å². The van der Waals surface area contributed by atoms with Gasteiger partial charge in [-0.2, -0.15) is 5.10 Å². The van der Waals surface area contributed by atoms with Crippen molar-refractivity contribution in [3.05, 3.63) is 41.6 Å². The van der Waals surface area contributed by atoms with E-state index in [0.717, 1.165) is 42.5 Å². The van der Waals surface area contributed by atoms with Crippen molar-refractivity contribution in [3.63, 3.8) is 0 Å². The van der Waals surface area contributed by atoms with E-state index in [1.807, 2.05) is 13.1 Å². The Balaban J connectivity index is 1.55. The van der Waals surface area contributed by atoms with Crippen LogP contribution < -0.4 is 4.90 Å². The van der Waals surface area contributed by atoms with Crippen molar-refractivity contribution in [1.29, 1.82) is 0 Å². The van der Waals surface area contributed by atoms with Crippen molar-refractivity contribution < 1.29 is 0 Å². The van der Waals surface area contributed by atoms with Gasteiger partial charge in [0.25, 0.3) is 0 Å². The third-order valence-corrected chi connectivity index (χ3v) is 4.44. The second-order valence-electron chi connectivity index (χ2n) is 7.65. The minimum absolute atomic E-state index is 0.0398. The topological polar surface area (TPSA) is 58.0 Å². The minimum Gasteiger partial charge on any atom is -0.352 e. The van der Waals surface area contributed by atoms with Gasteiger partial charge in [-0.3, -0.25) is 14.9 Å². The van der Waals surface area contributed by atoms with E-state index in [-0.39, 0.29) is 5.41 Å².